The molecule has 1 N–H and O–H groups in total. The minimum Gasteiger partial charge on any atom is -0.294 e. The summed E-state index contributed by atoms with van der Waals surface area (Å²) in [5.74, 6) is -6.11. The molecule has 1 nitrogen and oxygen atoms in total. The van der Waals surface area contributed by atoms with E-state index >= 15 is 0 Å². The first kappa shape index (κ1) is 9.84. The van der Waals surface area contributed by atoms with Crippen molar-refractivity contribution in [1.29, 1.82) is 0 Å². The molecule has 0 aromatic heterocycles. The summed E-state index contributed by atoms with van der Waals surface area (Å²) in [6, 6.07) is -0.579. The van der Waals surface area contributed by atoms with Gasteiger partial charge < -0.3 is 0 Å². The number of fused-ring (bicyclic) bond motifs is 5. The van der Waals surface area contributed by atoms with E-state index in [0.29, 0.717) is 0 Å². The lowest BCUT2D eigenvalue weighted by Gasteiger charge is -2.20. The van der Waals surface area contributed by atoms with Crippen LogP contribution in [0, 0.1) is 23.3 Å². The topological polar surface area (TPSA) is 12.0 Å². The van der Waals surface area contributed by atoms with E-state index in [1.807, 2.05) is 0 Å². The first-order valence-corrected chi connectivity index (χ1v) is 4.79. The molecule has 2 aliphatic rings. The molecule has 0 radical (unpaired) electrons. The van der Waals surface area contributed by atoms with Crippen LogP contribution in [0.2, 0.25) is 0 Å². The van der Waals surface area contributed by atoms with Gasteiger partial charge in [-0.3, -0.25) is 5.32 Å². The fourth-order valence-corrected chi connectivity index (χ4v) is 2.48. The van der Waals surface area contributed by atoms with Crippen LogP contribution in [0.25, 0.3) is 0 Å². The van der Waals surface area contributed by atoms with Crippen LogP contribution in [0.4, 0.5) is 17.6 Å². The zero-order chi connectivity index (χ0) is 11.7. The molecule has 2 heterocycles. The van der Waals surface area contributed by atoms with Gasteiger partial charge >= 0.3 is 0 Å². The number of benzene rings is 1. The summed E-state index contributed by atoms with van der Waals surface area (Å²) >= 11 is 0. The monoisotopic (exact) mass is 229 g/mol. The lowest BCUT2D eigenvalue weighted by molar-refractivity contribution is 0.394. The first-order valence-electron chi connectivity index (χ1n) is 4.79. The third-order valence-electron chi connectivity index (χ3n) is 3.21. The second-order valence-electron chi connectivity index (χ2n) is 4.23. The molecule has 2 aliphatic heterocycles. The van der Waals surface area contributed by atoms with Crippen molar-refractivity contribution < 1.29 is 17.6 Å². The predicted molar refractivity (Wildman–Crippen MR) is 48.6 cm³/mol. The predicted octanol–water partition coefficient (Wildman–Crippen LogP) is 2.67. The summed E-state index contributed by atoms with van der Waals surface area (Å²) in [7, 11) is 0. The Morgan fingerprint density at radius 1 is 1.06 bits per heavy atom. The quantitative estimate of drug-likeness (QED) is 0.312. The minimum absolute atomic E-state index is 0.124. The molecule has 0 spiro atoms. The second kappa shape index (κ2) is 2.66. The smallest absolute Gasteiger partial charge is 0.197 e. The molecule has 0 saturated carbocycles. The van der Waals surface area contributed by atoms with Crippen molar-refractivity contribution in [2.75, 3.05) is 0 Å². The van der Waals surface area contributed by atoms with Gasteiger partial charge in [0.1, 0.15) is 0 Å². The molecule has 2 bridgehead atoms. The molecule has 0 fully saturated rings. The van der Waals surface area contributed by atoms with E-state index in [2.05, 4.69) is 5.32 Å². The average Bonchev–Trinajstić information content (AvgIpc) is 2.76. The van der Waals surface area contributed by atoms with Gasteiger partial charge in [0, 0.05) is 11.1 Å². The highest BCUT2D eigenvalue weighted by Gasteiger charge is 2.47. The van der Waals surface area contributed by atoms with E-state index in [0.717, 1.165) is 0 Å². The van der Waals surface area contributed by atoms with Crippen LogP contribution in [0.3, 0.4) is 0 Å². The van der Waals surface area contributed by atoms with Crippen molar-refractivity contribution in [3.8, 4) is 0 Å². The molecular weight excluding hydrogens is 222 g/mol. The highest BCUT2D eigenvalue weighted by molar-refractivity contribution is 5.52. The van der Waals surface area contributed by atoms with E-state index in [1.165, 1.54) is 0 Å². The lowest BCUT2D eigenvalue weighted by atomic mass is 9.87. The highest BCUT2D eigenvalue weighted by Crippen LogP contribution is 2.47. The Hall–Kier alpha value is -1.36. The number of nitrogens with one attached hydrogen (secondary N) is 1. The van der Waals surface area contributed by atoms with Gasteiger partial charge in [0.2, 0.25) is 0 Å². The minimum atomic E-state index is -1.75. The van der Waals surface area contributed by atoms with Crippen molar-refractivity contribution in [3.05, 3.63) is 46.5 Å². The van der Waals surface area contributed by atoms with Crippen LogP contribution in [0.15, 0.2) is 12.2 Å². The molecule has 2 unspecified atom stereocenters. The molecule has 0 aliphatic carbocycles. The summed E-state index contributed by atoms with van der Waals surface area (Å²) in [6.45, 7) is 1.59. The highest BCUT2D eigenvalue weighted by atomic mass is 19.2. The van der Waals surface area contributed by atoms with Crippen molar-refractivity contribution in [2.24, 2.45) is 0 Å². The Labute approximate surface area is 88.8 Å². The van der Waals surface area contributed by atoms with E-state index in [9.17, 15) is 17.6 Å². The van der Waals surface area contributed by atoms with Crippen molar-refractivity contribution in [3.63, 3.8) is 0 Å². The third kappa shape index (κ3) is 0.899. The van der Waals surface area contributed by atoms with Crippen LogP contribution in [0.1, 0.15) is 24.1 Å². The average molecular weight is 229 g/mol. The zero-order valence-electron chi connectivity index (χ0n) is 8.24. The Kier molecular flexibility index (Phi) is 1.63. The van der Waals surface area contributed by atoms with E-state index < -0.39 is 34.8 Å². The summed E-state index contributed by atoms with van der Waals surface area (Å²) in [5, 5.41) is 2.88. The molecule has 1 aromatic rings. The molecule has 5 heteroatoms. The van der Waals surface area contributed by atoms with E-state index in [-0.39, 0.29) is 11.1 Å². The second-order valence-corrected chi connectivity index (χ2v) is 4.23. The number of hydrogen-bond acceptors (Lipinski definition) is 1. The molecule has 2 atom stereocenters. The van der Waals surface area contributed by atoms with Gasteiger partial charge in [-0.1, -0.05) is 12.2 Å². The van der Waals surface area contributed by atoms with Crippen molar-refractivity contribution in [1.82, 2.24) is 5.32 Å². The van der Waals surface area contributed by atoms with Gasteiger partial charge in [-0.05, 0) is 6.92 Å². The maximum Gasteiger partial charge on any atom is 0.197 e. The van der Waals surface area contributed by atoms with Gasteiger partial charge in [0.25, 0.3) is 0 Å². The summed E-state index contributed by atoms with van der Waals surface area (Å²) in [4.78, 5) is 0. The van der Waals surface area contributed by atoms with Crippen LogP contribution >= 0.6 is 0 Å². The Morgan fingerprint density at radius 3 is 2.38 bits per heavy atom. The Balaban J connectivity index is 2.43. The molecule has 0 amide bonds. The summed E-state index contributed by atoms with van der Waals surface area (Å²) in [6.07, 6.45) is 3.24. The lowest BCUT2D eigenvalue weighted by Crippen LogP contribution is -2.29. The maximum absolute atomic E-state index is 13.6. The fraction of sp³-hybridized carbons (Fsp3) is 0.273. The molecule has 1 aromatic carbocycles. The molecule has 3 rings (SSSR count). The van der Waals surface area contributed by atoms with Crippen LogP contribution in [-0.4, -0.2) is 0 Å². The maximum atomic E-state index is 13.6. The molecule has 0 saturated heterocycles. The fourth-order valence-electron chi connectivity index (χ4n) is 2.48. The van der Waals surface area contributed by atoms with Crippen LogP contribution in [0.5, 0.6) is 0 Å². The number of hydrogen-bond donors (Lipinski definition) is 1. The van der Waals surface area contributed by atoms with Crippen LogP contribution in [-0.2, 0) is 5.54 Å². The third-order valence-corrected chi connectivity index (χ3v) is 3.21. The standard InChI is InChI=1S/C11H7F4N/c1-11-3-2-4(16-11)5-6(11)8(13)10(15)9(14)7(5)12/h2-4,16H,1H3. The number of rotatable bonds is 0. The van der Waals surface area contributed by atoms with Gasteiger partial charge in [0.15, 0.2) is 23.3 Å². The number of halogens is 4. The first-order chi connectivity index (χ1) is 7.46. The zero-order valence-corrected chi connectivity index (χ0v) is 8.24. The van der Waals surface area contributed by atoms with E-state index in [4.69, 9.17) is 0 Å². The molecular formula is C11H7F4N. The largest absolute Gasteiger partial charge is 0.294 e. The summed E-state index contributed by atoms with van der Waals surface area (Å²) in [5.41, 5.74) is -1.20. The Bertz CT molecular complexity index is 538. The van der Waals surface area contributed by atoms with E-state index in [1.54, 1.807) is 19.1 Å². The van der Waals surface area contributed by atoms with Gasteiger partial charge in [-0.25, -0.2) is 17.6 Å². The summed E-state index contributed by atoms with van der Waals surface area (Å²) < 4.78 is 53.3. The molecule has 16 heavy (non-hydrogen) atoms. The SMILES string of the molecule is CC12C=CC(N1)c1c(F)c(F)c(F)c(F)c12. The van der Waals surface area contributed by atoms with Crippen LogP contribution < -0.4 is 5.32 Å². The van der Waals surface area contributed by atoms with Gasteiger partial charge in [0.05, 0.1) is 11.6 Å². The molecule has 84 valence electrons. The Morgan fingerprint density at radius 2 is 1.69 bits per heavy atom. The normalized spacial score (nSPS) is 29.9. The van der Waals surface area contributed by atoms with Gasteiger partial charge in [-0.2, -0.15) is 0 Å². The van der Waals surface area contributed by atoms with Gasteiger partial charge in [-0.15, -0.1) is 0 Å². The van der Waals surface area contributed by atoms with Crippen molar-refractivity contribution >= 4 is 0 Å². The van der Waals surface area contributed by atoms with Crippen molar-refractivity contribution in [2.45, 2.75) is 18.5 Å².